The van der Waals surface area contributed by atoms with Crippen molar-refractivity contribution in [2.45, 2.75) is 57.8 Å². The number of fused-ring (bicyclic) bond motifs is 2. The van der Waals surface area contributed by atoms with Crippen LogP contribution < -0.4 is 0 Å². The molecule has 0 atom stereocenters. The molecule has 1 nitrogen and oxygen atoms in total. The van der Waals surface area contributed by atoms with Crippen LogP contribution in [0.25, 0.3) is 0 Å². The van der Waals surface area contributed by atoms with Crippen LogP contribution in [-0.4, -0.2) is 24.5 Å². The third-order valence-electron chi connectivity index (χ3n) is 6.63. The minimum Gasteiger partial charge on any atom is -0.303 e. The van der Waals surface area contributed by atoms with Crippen molar-refractivity contribution in [1.82, 2.24) is 4.90 Å². The zero-order valence-electron chi connectivity index (χ0n) is 16.3. The lowest BCUT2D eigenvalue weighted by Crippen LogP contribution is -2.36. The molecule has 1 heteroatoms. The highest BCUT2D eigenvalue weighted by molar-refractivity contribution is 5.45. The summed E-state index contributed by atoms with van der Waals surface area (Å²) in [5.41, 5.74) is 6.39. The summed E-state index contributed by atoms with van der Waals surface area (Å²) in [6.07, 6.45) is 9.16. The lowest BCUT2D eigenvalue weighted by molar-refractivity contribution is 0.172. The van der Waals surface area contributed by atoms with Gasteiger partial charge in [-0.25, -0.2) is 0 Å². The quantitative estimate of drug-likeness (QED) is 0.616. The van der Waals surface area contributed by atoms with Crippen LogP contribution >= 0.6 is 0 Å². The highest BCUT2D eigenvalue weighted by Crippen LogP contribution is 2.42. The van der Waals surface area contributed by atoms with Gasteiger partial charge in [-0.05, 0) is 79.9 Å². The molecule has 26 heavy (non-hydrogen) atoms. The molecule has 0 bridgehead atoms. The zero-order chi connectivity index (χ0) is 17.8. The molecule has 0 unspecified atom stereocenters. The van der Waals surface area contributed by atoms with Gasteiger partial charge in [0.2, 0.25) is 0 Å². The number of likely N-dealkylation sites (tertiary alicyclic amines) is 1. The molecule has 2 aromatic carbocycles. The second-order valence-corrected chi connectivity index (χ2v) is 8.26. The molecule has 1 aliphatic carbocycles. The van der Waals surface area contributed by atoms with Crippen molar-refractivity contribution in [3.8, 4) is 0 Å². The standard InChI is InChI=1S/C25H33N/c1-2-3-8-17-26-18-15-22(16-19-26)25-23-11-6-4-9-20(23)13-14-21-10-5-7-12-24(21)25/h4-7,9-12,22,25H,2-3,8,13-19H2,1H3. The third-order valence-corrected chi connectivity index (χ3v) is 6.63. The van der Waals surface area contributed by atoms with Crippen LogP contribution in [0.4, 0.5) is 0 Å². The molecule has 4 rings (SSSR count). The second-order valence-electron chi connectivity index (χ2n) is 8.26. The largest absolute Gasteiger partial charge is 0.303 e. The molecule has 1 heterocycles. The van der Waals surface area contributed by atoms with Gasteiger partial charge in [0, 0.05) is 5.92 Å². The van der Waals surface area contributed by atoms with Gasteiger partial charge < -0.3 is 4.90 Å². The van der Waals surface area contributed by atoms with Crippen molar-refractivity contribution in [2.75, 3.05) is 19.6 Å². The summed E-state index contributed by atoms with van der Waals surface area (Å²) in [7, 11) is 0. The maximum Gasteiger partial charge on any atom is 0.0124 e. The van der Waals surface area contributed by atoms with Crippen LogP contribution in [0, 0.1) is 5.92 Å². The van der Waals surface area contributed by atoms with E-state index in [4.69, 9.17) is 0 Å². The maximum atomic E-state index is 2.71. The first-order valence-electron chi connectivity index (χ1n) is 10.7. The lowest BCUT2D eigenvalue weighted by Gasteiger charge is -2.37. The van der Waals surface area contributed by atoms with Gasteiger partial charge in [0.25, 0.3) is 0 Å². The number of piperidine rings is 1. The fourth-order valence-corrected chi connectivity index (χ4v) is 5.17. The van der Waals surface area contributed by atoms with Crippen molar-refractivity contribution in [2.24, 2.45) is 5.92 Å². The van der Waals surface area contributed by atoms with Crippen molar-refractivity contribution >= 4 is 0 Å². The molecular weight excluding hydrogens is 314 g/mol. The van der Waals surface area contributed by atoms with Crippen LogP contribution in [-0.2, 0) is 12.8 Å². The third kappa shape index (κ3) is 3.74. The highest BCUT2D eigenvalue weighted by Gasteiger charge is 2.32. The summed E-state index contributed by atoms with van der Waals surface area (Å²) in [4.78, 5) is 2.71. The van der Waals surface area contributed by atoms with Gasteiger partial charge in [0.1, 0.15) is 0 Å². The van der Waals surface area contributed by atoms with Crippen LogP contribution in [0.5, 0.6) is 0 Å². The van der Waals surface area contributed by atoms with Crippen LogP contribution in [0.3, 0.4) is 0 Å². The van der Waals surface area contributed by atoms with Crippen molar-refractivity contribution in [3.05, 3.63) is 70.8 Å². The monoisotopic (exact) mass is 347 g/mol. The minimum atomic E-state index is 0.600. The Labute approximate surface area is 159 Å². The summed E-state index contributed by atoms with van der Waals surface area (Å²) in [5.74, 6) is 1.39. The molecule has 0 saturated carbocycles. The number of rotatable bonds is 5. The average Bonchev–Trinajstić information content (AvgIpc) is 2.86. The Morgan fingerprint density at radius 1 is 0.808 bits per heavy atom. The van der Waals surface area contributed by atoms with Gasteiger partial charge in [0.15, 0.2) is 0 Å². The number of hydrogen-bond donors (Lipinski definition) is 0. The number of benzene rings is 2. The Morgan fingerprint density at radius 3 is 1.96 bits per heavy atom. The van der Waals surface area contributed by atoms with Gasteiger partial charge in [-0.3, -0.25) is 0 Å². The van der Waals surface area contributed by atoms with E-state index in [1.54, 1.807) is 22.3 Å². The number of unbranched alkanes of at least 4 members (excludes halogenated alkanes) is 2. The maximum absolute atomic E-state index is 2.71. The van der Waals surface area contributed by atoms with Crippen molar-refractivity contribution in [3.63, 3.8) is 0 Å². The Hall–Kier alpha value is -1.60. The first-order valence-corrected chi connectivity index (χ1v) is 10.7. The van der Waals surface area contributed by atoms with Gasteiger partial charge in [-0.2, -0.15) is 0 Å². The van der Waals surface area contributed by atoms with E-state index in [1.165, 1.54) is 64.6 Å². The van der Waals surface area contributed by atoms with E-state index in [0.29, 0.717) is 5.92 Å². The summed E-state index contributed by atoms with van der Waals surface area (Å²) in [6.45, 7) is 6.18. The smallest absolute Gasteiger partial charge is 0.0124 e. The summed E-state index contributed by atoms with van der Waals surface area (Å²) in [6, 6.07) is 18.5. The second kappa shape index (κ2) is 8.39. The fraction of sp³-hybridized carbons (Fsp3) is 0.520. The Kier molecular flexibility index (Phi) is 5.75. The van der Waals surface area contributed by atoms with Crippen LogP contribution in [0.15, 0.2) is 48.5 Å². The lowest BCUT2D eigenvalue weighted by atomic mass is 9.74. The molecule has 0 N–H and O–H groups in total. The predicted molar refractivity (Wildman–Crippen MR) is 111 cm³/mol. The molecule has 1 saturated heterocycles. The summed E-state index contributed by atoms with van der Waals surface area (Å²) >= 11 is 0. The number of hydrogen-bond acceptors (Lipinski definition) is 1. The van der Waals surface area contributed by atoms with Gasteiger partial charge in [-0.15, -0.1) is 0 Å². The summed E-state index contributed by atoms with van der Waals surface area (Å²) < 4.78 is 0. The van der Waals surface area contributed by atoms with E-state index in [0.717, 1.165) is 5.92 Å². The number of aryl methyl sites for hydroxylation is 2. The normalized spacial score (nSPS) is 19.0. The van der Waals surface area contributed by atoms with E-state index in [-0.39, 0.29) is 0 Å². The van der Waals surface area contributed by atoms with E-state index in [2.05, 4.69) is 60.4 Å². The first kappa shape index (κ1) is 17.8. The highest BCUT2D eigenvalue weighted by atomic mass is 15.1. The molecule has 0 spiro atoms. The average molecular weight is 348 g/mol. The summed E-state index contributed by atoms with van der Waals surface area (Å²) in [5, 5.41) is 0. The van der Waals surface area contributed by atoms with E-state index >= 15 is 0 Å². The van der Waals surface area contributed by atoms with E-state index in [9.17, 15) is 0 Å². The Balaban J connectivity index is 1.56. The molecular formula is C25H33N. The van der Waals surface area contributed by atoms with Crippen LogP contribution in [0.1, 0.15) is 67.2 Å². The van der Waals surface area contributed by atoms with E-state index in [1.807, 2.05) is 0 Å². The number of nitrogens with zero attached hydrogens (tertiary/aromatic N) is 1. The SMILES string of the molecule is CCCCCN1CCC(C2c3ccccc3CCc3ccccc32)CC1. The molecule has 2 aromatic rings. The van der Waals surface area contributed by atoms with E-state index < -0.39 is 0 Å². The Bertz CT molecular complexity index is 664. The molecule has 0 radical (unpaired) electrons. The molecule has 1 fully saturated rings. The zero-order valence-corrected chi connectivity index (χ0v) is 16.3. The van der Waals surface area contributed by atoms with Gasteiger partial charge in [-0.1, -0.05) is 68.3 Å². The molecule has 0 amide bonds. The van der Waals surface area contributed by atoms with Crippen molar-refractivity contribution in [1.29, 1.82) is 0 Å². The fourth-order valence-electron chi connectivity index (χ4n) is 5.17. The van der Waals surface area contributed by atoms with Gasteiger partial charge in [0.05, 0.1) is 0 Å². The topological polar surface area (TPSA) is 3.24 Å². The first-order chi connectivity index (χ1) is 12.9. The Morgan fingerprint density at radius 2 is 1.38 bits per heavy atom. The van der Waals surface area contributed by atoms with Crippen molar-refractivity contribution < 1.29 is 0 Å². The molecule has 0 aromatic heterocycles. The van der Waals surface area contributed by atoms with Gasteiger partial charge >= 0.3 is 0 Å². The molecule has 2 aliphatic rings. The predicted octanol–water partition coefficient (Wildman–Crippen LogP) is 5.82. The molecule has 1 aliphatic heterocycles. The molecule has 138 valence electrons. The minimum absolute atomic E-state index is 0.600. The van der Waals surface area contributed by atoms with Crippen LogP contribution in [0.2, 0.25) is 0 Å².